The summed E-state index contributed by atoms with van der Waals surface area (Å²) in [5, 5.41) is 17.7. The van der Waals surface area contributed by atoms with Crippen LogP contribution in [-0.4, -0.2) is 53.9 Å². The molecule has 0 bridgehead atoms. The van der Waals surface area contributed by atoms with Gasteiger partial charge in [-0.2, -0.15) is 6.42 Å². The Bertz CT molecular complexity index is 746. The van der Waals surface area contributed by atoms with Crippen LogP contribution in [0.5, 0.6) is 0 Å². The molecule has 0 atom stereocenters. The van der Waals surface area contributed by atoms with Gasteiger partial charge in [0.25, 0.3) is 0 Å². The minimum atomic E-state index is -0.778. The number of unbranched alkanes of at least 4 members (excludes halogenated alkanes) is 20. The van der Waals surface area contributed by atoms with Crippen LogP contribution in [0.25, 0.3) is 0 Å². The smallest absolute Gasteiger partial charge is 0.481 e. The van der Waals surface area contributed by atoms with Crippen molar-refractivity contribution in [3.05, 3.63) is 6.92 Å². The van der Waals surface area contributed by atoms with Crippen LogP contribution in [-0.2, 0) is 19.1 Å². The molecule has 0 aliphatic carbocycles. The molecule has 0 aromatic heterocycles. The molecule has 0 fully saturated rings. The Hall–Kier alpha value is -0.943. The third-order valence-corrected chi connectivity index (χ3v) is 8.24. The molecular formula is C44H82BrLiO6. The molecule has 0 aromatic carbocycles. The number of halogens is 1. The van der Waals surface area contributed by atoms with Crippen LogP contribution in [0.3, 0.4) is 0 Å². The van der Waals surface area contributed by atoms with Crippen LogP contribution in [0.1, 0.15) is 207 Å². The molecule has 0 saturated heterocycles. The van der Waals surface area contributed by atoms with Crippen LogP contribution in [0.15, 0.2) is 0 Å². The summed E-state index contributed by atoms with van der Waals surface area (Å²) in [6.07, 6.45) is 37.0. The molecule has 2 N–H and O–H groups in total. The molecule has 0 spiro atoms. The first-order valence-electron chi connectivity index (χ1n) is 20.7. The third-order valence-electron chi connectivity index (χ3n) is 7.68. The van der Waals surface area contributed by atoms with Crippen LogP contribution in [0.4, 0.5) is 0 Å². The van der Waals surface area contributed by atoms with Gasteiger partial charge in [0.15, 0.2) is 0 Å². The van der Waals surface area contributed by atoms with Crippen LogP contribution in [0, 0.1) is 31.1 Å². The third kappa shape index (κ3) is 78.2. The van der Waals surface area contributed by atoms with E-state index in [4.69, 9.17) is 26.1 Å². The molecule has 0 radical (unpaired) electrons. The molecule has 0 rings (SSSR count). The van der Waals surface area contributed by atoms with Gasteiger partial charge in [0.1, 0.15) is 0 Å². The summed E-state index contributed by atoms with van der Waals surface area (Å²) in [5.41, 5.74) is 0. The second kappa shape index (κ2) is 62.1. The normalized spacial score (nSPS) is 9.69. The maximum absolute atomic E-state index is 10.3. The molecule has 0 unspecified atom stereocenters. The van der Waals surface area contributed by atoms with Gasteiger partial charge in [0.05, 0.1) is 0 Å². The molecular weight excluding hydrogens is 711 g/mol. The van der Waals surface area contributed by atoms with E-state index in [1.807, 2.05) is 0 Å². The summed E-state index contributed by atoms with van der Waals surface area (Å²) in [4.78, 5) is 20.1. The van der Waals surface area contributed by atoms with E-state index in [0.29, 0.717) is 25.7 Å². The molecule has 0 saturated carbocycles. The summed E-state index contributed by atoms with van der Waals surface area (Å²) in [7, 11) is 0. The van der Waals surface area contributed by atoms with Crippen molar-refractivity contribution in [1.29, 1.82) is 0 Å². The average molecular weight is 794 g/mol. The Morgan fingerprint density at radius 2 is 0.865 bits per heavy atom. The van der Waals surface area contributed by atoms with E-state index in [2.05, 4.69) is 61.4 Å². The fourth-order valence-electron chi connectivity index (χ4n) is 4.44. The Morgan fingerprint density at radius 1 is 0.538 bits per heavy atom. The van der Waals surface area contributed by atoms with Gasteiger partial charge in [-0.25, -0.2) is 0 Å². The zero-order chi connectivity index (χ0) is 38.7. The van der Waals surface area contributed by atoms with Gasteiger partial charge in [-0.05, 0) is 51.4 Å². The maximum atomic E-state index is 10.3. The van der Waals surface area contributed by atoms with Gasteiger partial charge in [-0.1, -0.05) is 133 Å². The second-order valence-electron chi connectivity index (χ2n) is 12.9. The molecule has 6 nitrogen and oxygen atoms in total. The first kappa shape index (κ1) is 60.3. The number of carbonyl (C=O) groups is 2. The largest absolute Gasteiger partial charge is 1.00 e. The fraction of sp³-hybridized carbons (Fsp3) is 0.841. The zero-order valence-electron chi connectivity index (χ0n) is 34.7. The van der Waals surface area contributed by atoms with E-state index >= 15 is 0 Å². The van der Waals surface area contributed by atoms with Crippen molar-refractivity contribution in [1.82, 2.24) is 0 Å². The van der Waals surface area contributed by atoms with E-state index in [9.17, 15) is 9.59 Å². The van der Waals surface area contributed by atoms with Crippen molar-refractivity contribution in [2.75, 3.05) is 31.8 Å². The standard InChI is InChI=1S/C20H36O3.C14H29BrO.C6H8O2.C4H9.Li/c1-2-3-4-12-15-18-23-19-16-13-10-8-6-5-7-9-11-14-17-20(21)22;1-2-3-4-7-10-13-16-14-11-8-5-6-9-12-15;1-2-3-4-5-6(7)8;1-3-4-2;/h2-6,8,10-19H2,1H3,(H,21,22);2-14H2,1H3;1H,3-5H2,(H,7,8);1,3-4H2,2H3;/q;;;-1;+1. The summed E-state index contributed by atoms with van der Waals surface area (Å²) in [5.74, 6) is 7.03. The van der Waals surface area contributed by atoms with Crippen molar-refractivity contribution in [2.24, 2.45) is 0 Å². The maximum Gasteiger partial charge on any atom is 1.00 e. The van der Waals surface area contributed by atoms with Crippen molar-refractivity contribution in [2.45, 2.75) is 207 Å². The summed E-state index contributed by atoms with van der Waals surface area (Å²) in [6, 6.07) is 0. The predicted octanol–water partition coefficient (Wildman–Crippen LogP) is 10.4. The van der Waals surface area contributed by atoms with Gasteiger partial charge < -0.3 is 26.6 Å². The second-order valence-corrected chi connectivity index (χ2v) is 13.7. The zero-order valence-corrected chi connectivity index (χ0v) is 36.3. The topological polar surface area (TPSA) is 93.1 Å². The van der Waals surface area contributed by atoms with E-state index in [-0.39, 0.29) is 31.7 Å². The number of ether oxygens (including phenoxy) is 2. The Morgan fingerprint density at radius 3 is 1.21 bits per heavy atom. The molecule has 0 amide bonds. The Labute approximate surface area is 344 Å². The number of carboxylic acids is 2. The summed E-state index contributed by atoms with van der Waals surface area (Å²) < 4.78 is 11.3. The SMILES string of the molecule is C#CCCCC(=O)O.CCCCCCCOCCCCCCCBr.CCCCCCCOCCCCCCCC#CCCCC(=O)O.[CH2-]CCC.[Li+]. The molecule has 8 heteroatoms. The molecule has 0 aromatic rings. The van der Waals surface area contributed by atoms with Crippen molar-refractivity contribution >= 4 is 27.9 Å². The minimum Gasteiger partial charge on any atom is -0.481 e. The van der Waals surface area contributed by atoms with Gasteiger partial charge in [-0.3, -0.25) is 9.59 Å². The van der Waals surface area contributed by atoms with Crippen LogP contribution in [0.2, 0.25) is 0 Å². The number of rotatable bonds is 33. The first-order valence-corrected chi connectivity index (χ1v) is 21.8. The van der Waals surface area contributed by atoms with Gasteiger partial charge >= 0.3 is 30.8 Å². The number of aliphatic carboxylic acids is 2. The van der Waals surface area contributed by atoms with Gasteiger partial charge in [0.2, 0.25) is 0 Å². The van der Waals surface area contributed by atoms with Crippen molar-refractivity contribution in [3.63, 3.8) is 0 Å². The number of carboxylic acid groups (broad SMARTS) is 2. The fourth-order valence-corrected chi connectivity index (χ4v) is 4.84. The quantitative estimate of drug-likeness (QED) is 0.0226. The van der Waals surface area contributed by atoms with Crippen LogP contribution < -0.4 is 18.9 Å². The molecule has 52 heavy (non-hydrogen) atoms. The molecule has 0 heterocycles. The molecule has 302 valence electrons. The number of alkyl halides is 1. The molecule has 0 aliphatic heterocycles. The number of hydrogen-bond acceptors (Lipinski definition) is 4. The van der Waals surface area contributed by atoms with E-state index < -0.39 is 11.9 Å². The number of hydrogen-bond donors (Lipinski definition) is 2. The molecule has 0 aliphatic rings. The van der Waals surface area contributed by atoms with E-state index in [1.54, 1.807) is 0 Å². The summed E-state index contributed by atoms with van der Waals surface area (Å²) in [6.45, 7) is 14.0. The minimum absolute atomic E-state index is 0. The van der Waals surface area contributed by atoms with Crippen molar-refractivity contribution in [3.8, 4) is 24.2 Å². The monoisotopic (exact) mass is 793 g/mol. The van der Waals surface area contributed by atoms with E-state index in [1.165, 1.54) is 128 Å². The van der Waals surface area contributed by atoms with Crippen molar-refractivity contribution < 1.29 is 48.1 Å². The van der Waals surface area contributed by atoms with Gasteiger partial charge in [0, 0.05) is 63.9 Å². The van der Waals surface area contributed by atoms with Gasteiger partial charge in [-0.15, -0.1) is 24.2 Å². The Kier molecular flexibility index (Phi) is 72.0. The van der Waals surface area contributed by atoms with E-state index in [0.717, 1.165) is 51.0 Å². The summed E-state index contributed by atoms with van der Waals surface area (Å²) >= 11 is 3.45. The van der Waals surface area contributed by atoms with Crippen LogP contribution >= 0.6 is 15.9 Å². The predicted molar refractivity (Wildman–Crippen MR) is 224 cm³/mol. The average Bonchev–Trinajstić information content (AvgIpc) is 3.12. The Balaban J connectivity index is -0.000000219. The first-order chi connectivity index (χ1) is 24.9. The number of terminal acetylenes is 1.